The van der Waals surface area contributed by atoms with Crippen LogP contribution in [0, 0.1) is 0 Å². The zero-order valence-corrected chi connectivity index (χ0v) is 54.6. The number of azo groups is 2. The van der Waals surface area contributed by atoms with Crippen molar-refractivity contribution in [2.75, 3.05) is 39.8 Å². The first kappa shape index (κ1) is 72.7. The predicted octanol–water partition coefficient (Wildman–Crippen LogP) is -11.0. The average Bonchev–Trinajstić information content (AvgIpc) is 3.32. The molecule has 30 nitrogen and oxygen atoms in total. The zero-order chi connectivity index (χ0) is 51.2. The molecule has 41 heteroatoms. The average molecular weight is 1210 g/mol. The Morgan fingerprint density at radius 3 is 1.68 bits per heavy atom. The van der Waals surface area contributed by atoms with Crippen LogP contribution in [-0.4, -0.2) is 61.7 Å². The van der Waals surface area contributed by atoms with Gasteiger partial charge < -0.3 is 52.3 Å². The molecule has 7 N–H and O–H groups in total. The molecule has 1 heterocycles. The van der Waals surface area contributed by atoms with Gasteiger partial charge in [0.2, 0.25) is 17.8 Å². The molecular formula is C35H27N12Na5O18S6. The van der Waals surface area contributed by atoms with Crippen molar-refractivity contribution in [3.63, 3.8) is 0 Å². The first-order chi connectivity index (χ1) is 33.9. The summed E-state index contributed by atoms with van der Waals surface area (Å²) in [5.41, 5.74) is 10.7. The minimum absolute atomic E-state index is 0. The number of nitrogens with two attached hydrogens (primary N) is 2. The van der Waals surface area contributed by atoms with Crippen LogP contribution >= 0.6 is 36.4 Å². The maximum Gasteiger partial charge on any atom is 1.00 e. The van der Waals surface area contributed by atoms with Crippen LogP contribution in [0.5, 0.6) is 0 Å². The van der Waals surface area contributed by atoms with Crippen LogP contribution in [-0.2, 0) is 62.4 Å². The summed E-state index contributed by atoms with van der Waals surface area (Å²) in [6.45, 7) is -0.374. The molecule has 0 amide bonds. The first-order valence-electron chi connectivity index (χ1n) is 18.6. The molecule has 0 saturated heterocycles. The van der Waals surface area contributed by atoms with Crippen LogP contribution in [0.15, 0.2) is 142 Å². The topological polar surface area (TPSA) is 459 Å². The number of rotatable bonds is 25. The SMILES string of the molecule is Nc1c(N=Nc2ccc(S(=O)(=O)CCOSOO[O-])cc2)cc(S(=O)(=O)[O-])c(N)c1N=Nc1cc(Nc2nc(Nc3cccc(SOO[O-])c3)nc(Nc3cccc(S(=O)(=O)[O-])c3)n2)ccc1SOO[O-].[Na+].[Na+].[Na+].[Na+].[Na+]. The van der Waals surface area contributed by atoms with E-state index in [0.29, 0.717) is 34.7 Å². The number of nitrogens with zero attached hydrogens (tertiary/aromatic N) is 7. The van der Waals surface area contributed by atoms with E-state index in [1.165, 1.54) is 60.7 Å². The second-order valence-electron chi connectivity index (χ2n) is 13.1. The molecule has 0 atom stereocenters. The van der Waals surface area contributed by atoms with Crippen LogP contribution in [0.4, 0.5) is 69.0 Å². The van der Waals surface area contributed by atoms with Crippen molar-refractivity contribution >= 4 is 136 Å². The maximum absolute atomic E-state index is 12.6. The van der Waals surface area contributed by atoms with E-state index in [0.717, 1.165) is 18.2 Å². The van der Waals surface area contributed by atoms with E-state index in [-0.39, 0.29) is 217 Å². The van der Waals surface area contributed by atoms with Crippen LogP contribution in [0.1, 0.15) is 0 Å². The summed E-state index contributed by atoms with van der Waals surface area (Å²) >= 11 is 1.10. The minimum Gasteiger partial charge on any atom is -0.744 e. The normalized spacial score (nSPS) is 11.4. The molecule has 0 radical (unpaired) electrons. The molecule has 0 spiro atoms. The number of nitrogens with one attached hydrogen (secondary N) is 3. The minimum atomic E-state index is -5.34. The van der Waals surface area contributed by atoms with Crippen molar-refractivity contribution in [3.05, 3.63) is 97.1 Å². The molecule has 6 aromatic rings. The number of hydrogen-bond donors (Lipinski definition) is 5. The second-order valence-corrected chi connectivity index (χ2v) is 19.9. The van der Waals surface area contributed by atoms with Gasteiger partial charge in [0.15, 0.2) is 22.2 Å². The third kappa shape index (κ3) is 22.2. The van der Waals surface area contributed by atoms with E-state index in [4.69, 9.17) is 15.7 Å². The van der Waals surface area contributed by atoms with E-state index < -0.39 is 68.4 Å². The standard InChI is InChI=1S/C35H32N12O18S6.5Na/c36-30-27(46-44-19-7-10-24(11-8-19)69(51,52)14-13-59-68-65-62-50)18-29(71(56,57)58)31(37)32(30)47-45-26-17-22(9-12-28(26)67-64-61-49)40-35-42-33(38-20-3-1-5-23(15-20)66-63-60-48)41-34(43-35)39-21-4-2-6-25(16-21)70(53,54)55;;;;;/h1-12,15-18,48-50H,13-14,36-37H2,(H,53,54,55)(H,56,57,58)(H3,38,39,40,41,42,43);;;;;/q;5*+1/p-5. The van der Waals surface area contributed by atoms with Gasteiger partial charge in [-0.1, -0.05) is 12.1 Å². The van der Waals surface area contributed by atoms with Crippen LogP contribution < -0.4 is 191 Å². The van der Waals surface area contributed by atoms with Gasteiger partial charge >= 0.3 is 148 Å². The van der Waals surface area contributed by atoms with Crippen molar-refractivity contribution in [2.45, 2.75) is 24.5 Å². The Hall–Kier alpha value is -1.27. The summed E-state index contributed by atoms with van der Waals surface area (Å²) in [6.07, 6.45) is 0. The summed E-state index contributed by atoms with van der Waals surface area (Å²) in [4.78, 5) is 11.8. The fourth-order valence-corrected chi connectivity index (χ4v) is 8.83. The Morgan fingerprint density at radius 2 is 1.11 bits per heavy atom. The Balaban J connectivity index is 0.00000578. The quantitative estimate of drug-likeness (QED) is 0.00519. The molecule has 0 fully saturated rings. The third-order valence-corrected chi connectivity index (χ3v) is 13.5. The molecule has 0 aliphatic rings. The molecule has 5 aromatic carbocycles. The second kappa shape index (κ2) is 34.9. The van der Waals surface area contributed by atoms with E-state index in [9.17, 15) is 50.1 Å². The van der Waals surface area contributed by atoms with Crippen molar-refractivity contribution in [2.24, 2.45) is 20.5 Å². The smallest absolute Gasteiger partial charge is 0.744 e. The number of sulfone groups is 1. The fourth-order valence-electron chi connectivity index (χ4n) is 5.46. The van der Waals surface area contributed by atoms with Crippen molar-refractivity contribution in [1.82, 2.24) is 15.0 Å². The molecule has 0 aliphatic carbocycles. The maximum atomic E-state index is 12.6. The number of benzene rings is 5. The van der Waals surface area contributed by atoms with Crippen molar-refractivity contribution < 1.29 is 230 Å². The van der Waals surface area contributed by atoms with Gasteiger partial charge in [0.05, 0.1) is 73.1 Å². The first-order valence-corrected chi connectivity index (χ1v) is 25.2. The Kier molecular flexibility index (Phi) is 33.4. The van der Waals surface area contributed by atoms with Gasteiger partial charge in [0.25, 0.3) is 0 Å². The molecule has 6 rings (SSSR count). The van der Waals surface area contributed by atoms with Gasteiger partial charge in [-0.3, -0.25) is 19.3 Å². The monoisotopic (exact) mass is 1210 g/mol. The molecule has 376 valence electrons. The van der Waals surface area contributed by atoms with Crippen molar-refractivity contribution in [3.8, 4) is 0 Å². The van der Waals surface area contributed by atoms with Crippen LogP contribution in [0.25, 0.3) is 0 Å². The molecule has 0 saturated carbocycles. The van der Waals surface area contributed by atoms with Crippen LogP contribution in [0.3, 0.4) is 0 Å². The molecule has 0 bridgehead atoms. The number of aromatic nitrogens is 3. The van der Waals surface area contributed by atoms with Crippen LogP contribution in [0.2, 0.25) is 0 Å². The molecule has 0 aliphatic heterocycles. The van der Waals surface area contributed by atoms with Gasteiger partial charge in [-0.25, -0.2) is 25.3 Å². The summed E-state index contributed by atoms with van der Waals surface area (Å²) in [5.74, 6) is -1.01. The van der Waals surface area contributed by atoms with Gasteiger partial charge in [0.1, 0.15) is 37.3 Å². The summed E-state index contributed by atoms with van der Waals surface area (Å²) < 4.78 is 115. The Bertz CT molecular complexity index is 3280. The summed E-state index contributed by atoms with van der Waals surface area (Å²) in [7, 11) is -14.1. The van der Waals surface area contributed by atoms with Gasteiger partial charge in [-0.2, -0.15) is 28.7 Å². The molecule has 76 heavy (non-hydrogen) atoms. The van der Waals surface area contributed by atoms with E-state index >= 15 is 0 Å². The summed E-state index contributed by atoms with van der Waals surface area (Å²) in [6, 6.07) is 20.8. The van der Waals surface area contributed by atoms with Gasteiger partial charge in [0, 0.05) is 22.0 Å². The van der Waals surface area contributed by atoms with Gasteiger partial charge in [-0.15, -0.1) is 19.7 Å². The Labute approximate surface area is 554 Å². The number of hydrogen-bond acceptors (Lipinski definition) is 33. The molecular weight excluding hydrogens is 1180 g/mol. The van der Waals surface area contributed by atoms with Gasteiger partial charge in [-0.05, 0) is 84.9 Å². The van der Waals surface area contributed by atoms with E-state index in [2.05, 4.69) is 79.5 Å². The molecule has 1 aromatic heterocycles. The number of anilines is 8. The van der Waals surface area contributed by atoms with Crippen molar-refractivity contribution in [1.29, 1.82) is 0 Å². The predicted molar refractivity (Wildman–Crippen MR) is 239 cm³/mol. The zero-order valence-electron chi connectivity index (χ0n) is 39.7. The Morgan fingerprint density at radius 1 is 0.553 bits per heavy atom. The molecule has 0 unspecified atom stereocenters. The fraction of sp³-hybridized carbons (Fsp3) is 0.0571. The largest absolute Gasteiger partial charge is 1.00 e. The number of nitrogen functional groups attached to an aromatic ring is 2. The van der Waals surface area contributed by atoms with E-state index in [1.807, 2.05) is 0 Å². The summed E-state index contributed by atoms with van der Waals surface area (Å²) in [5, 5.41) is 65.6. The van der Waals surface area contributed by atoms with E-state index in [1.54, 1.807) is 18.2 Å². The third-order valence-electron chi connectivity index (χ3n) is 8.48.